The fourth-order valence-corrected chi connectivity index (χ4v) is 3.64. The SMILES string of the molecule is O=C1NCCN(CCCc2ccccc2)C1CC(=O)N1CCCC1. The summed E-state index contributed by atoms with van der Waals surface area (Å²) in [6.07, 6.45) is 4.50. The van der Waals surface area contributed by atoms with Gasteiger partial charge in [-0.05, 0) is 37.8 Å². The van der Waals surface area contributed by atoms with Crippen molar-refractivity contribution in [2.45, 2.75) is 38.1 Å². The lowest BCUT2D eigenvalue weighted by molar-refractivity contribution is -0.138. The number of rotatable bonds is 6. The second kappa shape index (κ2) is 8.29. The second-order valence-electron chi connectivity index (χ2n) is 6.72. The molecular weight excluding hydrogens is 302 g/mol. The molecule has 130 valence electrons. The van der Waals surface area contributed by atoms with Gasteiger partial charge in [-0.15, -0.1) is 0 Å². The number of hydrogen-bond acceptors (Lipinski definition) is 3. The number of piperazine rings is 1. The lowest BCUT2D eigenvalue weighted by atomic mass is 10.1. The van der Waals surface area contributed by atoms with Crippen LogP contribution in [-0.4, -0.2) is 60.4 Å². The van der Waals surface area contributed by atoms with Crippen LogP contribution >= 0.6 is 0 Å². The van der Waals surface area contributed by atoms with E-state index in [2.05, 4.69) is 34.5 Å². The van der Waals surface area contributed by atoms with Crippen LogP contribution in [0, 0.1) is 0 Å². The molecule has 2 saturated heterocycles. The summed E-state index contributed by atoms with van der Waals surface area (Å²) in [5.41, 5.74) is 1.32. The Kier molecular flexibility index (Phi) is 5.86. The van der Waals surface area contributed by atoms with E-state index in [0.29, 0.717) is 13.0 Å². The minimum atomic E-state index is -0.303. The lowest BCUT2D eigenvalue weighted by Gasteiger charge is -2.35. The largest absolute Gasteiger partial charge is 0.353 e. The van der Waals surface area contributed by atoms with Gasteiger partial charge in [0, 0.05) is 26.2 Å². The van der Waals surface area contributed by atoms with Gasteiger partial charge in [-0.25, -0.2) is 0 Å². The highest BCUT2D eigenvalue weighted by Crippen LogP contribution is 2.15. The third-order valence-corrected chi connectivity index (χ3v) is 5.02. The molecule has 2 aliphatic heterocycles. The highest BCUT2D eigenvalue weighted by atomic mass is 16.2. The molecule has 0 bridgehead atoms. The zero-order chi connectivity index (χ0) is 16.8. The summed E-state index contributed by atoms with van der Waals surface area (Å²) in [6.45, 7) is 4.07. The molecule has 24 heavy (non-hydrogen) atoms. The Labute approximate surface area is 144 Å². The van der Waals surface area contributed by atoms with Crippen LogP contribution in [0.25, 0.3) is 0 Å². The van der Waals surface area contributed by atoms with E-state index in [9.17, 15) is 9.59 Å². The van der Waals surface area contributed by atoms with Crippen molar-refractivity contribution in [1.29, 1.82) is 0 Å². The molecule has 0 saturated carbocycles. The number of carbonyl (C=O) groups is 2. The average Bonchev–Trinajstić information content (AvgIpc) is 3.13. The lowest BCUT2D eigenvalue weighted by Crippen LogP contribution is -2.56. The van der Waals surface area contributed by atoms with E-state index in [4.69, 9.17) is 0 Å². The van der Waals surface area contributed by atoms with Crippen LogP contribution in [0.3, 0.4) is 0 Å². The van der Waals surface area contributed by atoms with Gasteiger partial charge in [0.2, 0.25) is 11.8 Å². The van der Waals surface area contributed by atoms with E-state index in [1.54, 1.807) is 0 Å². The zero-order valence-corrected chi connectivity index (χ0v) is 14.2. The molecule has 1 aromatic rings. The first-order valence-electron chi connectivity index (χ1n) is 9.07. The Morgan fingerprint density at radius 2 is 1.88 bits per heavy atom. The van der Waals surface area contributed by atoms with E-state index in [-0.39, 0.29) is 17.9 Å². The molecule has 5 heteroatoms. The van der Waals surface area contributed by atoms with E-state index >= 15 is 0 Å². The Morgan fingerprint density at radius 1 is 1.12 bits per heavy atom. The number of nitrogens with zero attached hydrogens (tertiary/aromatic N) is 2. The van der Waals surface area contributed by atoms with Gasteiger partial charge in [0.05, 0.1) is 12.5 Å². The van der Waals surface area contributed by atoms with Crippen molar-refractivity contribution in [3.8, 4) is 0 Å². The second-order valence-corrected chi connectivity index (χ2v) is 6.72. The first kappa shape index (κ1) is 17.0. The molecule has 1 atom stereocenters. The summed E-state index contributed by atoms with van der Waals surface area (Å²) < 4.78 is 0. The van der Waals surface area contributed by atoms with Crippen molar-refractivity contribution in [2.75, 3.05) is 32.7 Å². The summed E-state index contributed by atoms with van der Waals surface area (Å²) in [5.74, 6) is 0.135. The fourth-order valence-electron chi connectivity index (χ4n) is 3.64. The number of nitrogens with one attached hydrogen (secondary N) is 1. The van der Waals surface area contributed by atoms with Crippen LogP contribution < -0.4 is 5.32 Å². The molecule has 2 fully saturated rings. The van der Waals surface area contributed by atoms with Gasteiger partial charge in [-0.3, -0.25) is 14.5 Å². The van der Waals surface area contributed by atoms with E-state index in [0.717, 1.165) is 51.9 Å². The summed E-state index contributed by atoms with van der Waals surface area (Å²) in [7, 11) is 0. The molecule has 1 N–H and O–H groups in total. The number of benzene rings is 1. The monoisotopic (exact) mass is 329 g/mol. The van der Waals surface area contributed by atoms with Gasteiger partial charge in [0.25, 0.3) is 0 Å². The van der Waals surface area contributed by atoms with Crippen LogP contribution in [0.4, 0.5) is 0 Å². The van der Waals surface area contributed by atoms with Crippen LogP contribution in [0.2, 0.25) is 0 Å². The molecule has 1 unspecified atom stereocenters. The number of likely N-dealkylation sites (tertiary alicyclic amines) is 1. The van der Waals surface area contributed by atoms with E-state index in [1.165, 1.54) is 5.56 Å². The fraction of sp³-hybridized carbons (Fsp3) is 0.579. The minimum Gasteiger partial charge on any atom is -0.353 e. The van der Waals surface area contributed by atoms with Crippen LogP contribution in [0.5, 0.6) is 0 Å². The maximum absolute atomic E-state index is 12.4. The quantitative estimate of drug-likeness (QED) is 0.859. The molecule has 0 aromatic heterocycles. The Bertz CT molecular complexity index is 555. The maximum atomic E-state index is 12.4. The first-order chi connectivity index (χ1) is 11.7. The van der Waals surface area contributed by atoms with E-state index < -0.39 is 0 Å². The summed E-state index contributed by atoms with van der Waals surface area (Å²) >= 11 is 0. The Morgan fingerprint density at radius 3 is 2.62 bits per heavy atom. The molecule has 0 spiro atoms. The van der Waals surface area contributed by atoms with Crippen molar-refractivity contribution in [3.63, 3.8) is 0 Å². The minimum absolute atomic E-state index is 0.00788. The standard InChI is InChI=1S/C19H27N3O2/c23-18(22-11-4-5-12-22)15-17-19(24)20-10-14-21(17)13-6-9-16-7-2-1-3-8-16/h1-3,7-8,17H,4-6,9-15H2,(H,20,24). The van der Waals surface area contributed by atoms with Gasteiger partial charge in [-0.2, -0.15) is 0 Å². The molecule has 2 aliphatic rings. The van der Waals surface area contributed by atoms with Gasteiger partial charge in [0.15, 0.2) is 0 Å². The van der Waals surface area contributed by atoms with Crippen molar-refractivity contribution < 1.29 is 9.59 Å². The molecule has 3 rings (SSSR count). The van der Waals surface area contributed by atoms with Crippen molar-refractivity contribution in [3.05, 3.63) is 35.9 Å². The van der Waals surface area contributed by atoms with Crippen molar-refractivity contribution in [2.24, 2.45) is 0 Å². The van der Waals surface area contributed by atoms with Crippen LogP contribution in [0.1, 0.15) is 31.2 Å². The molecule has 1 aromatic carbocycles. The third kappa shape index (κ3) is 4.35. The normalized spacial score (nSPS) is 21.8. The predicted molar refractivity (Wildman–Crippen MR) is 93.6 cm³/mol. The zero-order valence-electron chi connectivity index (χ0n) is 14.2. The summed E-state index contributed by atoms with van der Waals surface area (Å²) in [5, 5.41) is 2.91. The molecule has 0 radical (unpaired) electrons. The molecule has 2 heterocycles. The van der Waals surface area contributed by atoms with Crippen LogP contribution in [0.15, 0.2) is 30.3 Å². The maximum Gasteiger partial charge on any atom is 0.237 e. The highest BCUT2D eigenvalue weighted by Gasteiger charge is 2.33. The van der Waals surface area contributed by atoms with Gasteiger partial charge < -0.3 is 10.2 Å². The molecular formula is C19H27N3O2. The molecule has 0 aliphatic carbocycles. The topological polar surface area (TPSA) is 52.7 Å². The Balaban J connectivity index is 1.53. The van der Waals surface area contributed by atoms with Crippen molar-refractivity contribution >= 4 is 11.8 Å². The number of aryl methyl sites for hydroxylation is 1. The number of amides is 2. The number of hydrogen-bond donors (Lipinski definition) is 1. The molecule has 5 nitrogen and oxygen atoms in total. The van der Waals surface area contributed by atoms with Crippen molar-refractivity contribution in [1.82, 2.24) is 15.1 Å². The van der Waals surface area contributed by atoms with Gasteiger partial charge in [-0.1, -0.05) is 30.3 Å². The predicted octanol–water partition coefficient (Wildman–Crippen LogP) is 1.43. The highest BCUT2D eigenvalue weighted by molar-refractivity contribution is 5.88. The third-order valence-electron chi connectivity index (χ3n) is 5.02. The number of carbonyl (C=O) groups excluding carboxylic acids is 2. The van der Waals surface area contributed by atoms with Gasteiger partial charge >= 0.3 is 0 Å². The molecule has 2 amide bonds. The van der Waals surface area contributed by atoms with E-state index in [1.807, 2.05) is 11.0 Å². The summed E-state index contributed by atoms with van der Waals surface area (Å²) in [6, 6.07) is 10.1. The average molecular weight is 329 g/mol. The summed E-state index contributed by atoms with van der Waals surface area (Å²) in [4.78, 5) is 28.8. The van der Waals surface area contributed by atoms with Gasteiger partial charge in [0.1, 0.15) is 0 Å². The smallest absolute Gasteiger partial charge is 0.237 e. The van der Waals surface area contributed by atoms with Crippen LogP contribution in [-0.2, 0) is 16.0 Å². The first-order valence-corrected chi connectivity index (χ1v) is 9.07. The Hall–Kier alpha value is -1.88.